The van der Waals surface area contributed by atoms with Crippen LogP contribution >= 0.6 is 27.5 Å². The summed E-state index contributed by atoms with van der Waals surface area (Å²) >= 11 is 10.0. The molecule has 2 aromatic carbocycles. The number of nitrogens with zero attached hydrogens (tertiary/aromatic N) is 2. The number of amides is 1. The van der Waals surface area contributed by atoms with Gasteiger partial charge in [-0.15, -0.1) is 0 Å². The van der Waals surface area contributed by atoms with E-state index in [-0.39, 0.29) is 17.6 Å². The molecule has 0 saturated heterocycles. The Balaban J connectivity index is 1.39. The lowest BCUT2D eigenvalue weighted by molar-refractivity contribution is -0.121. The number of carbonyl (C=O) groups is 1. The van der Waals surface area contributed by atoms with Crippen LogP contribution in [-0.4, -0.2) is 34.6 Å². The van der Waals surface area contributed by atoms with E-state index in [0.717, 1.165) is 39.1 Å². The van der Waals surface area contributed by atoms with E-state index in [1.807, 2.05) is 47.0 Å². The average molecular weight is 601 g/mol. The van der Waals surface area contributed by atoms with Crippen molar-refractivity contribution in [1.82, 2.24) is 14.7 Å². The van der Waals surface area contributed by atoms with Gasteiger partial charge in [0.15, 0.2) is 11.5 Å². The Kier molecular flexibility index (Phi) is 9.17. The van der Waals surface area contributed by atoms with Gasteiger partial charge in [0.1, 0.15) is 11.4 Å². The monoisotopic (exact) mass is 599 g/mol. The Bertz CT molecular complexity index is 1440. The third-order valence-corrected chi connectivity index (χ3v) is 7.47. The molecule has 0 spiro atoms. The summed E-state index contributed by atoms with van der Waals surface area (Å²) in [6.07, 6.45) is 4.24. The molecule has 2 heterocycles. The SMILES string of the molecule is COc1ccc(CC(C)CCC(=O)NCc2nc3ccccn3c2Cc2cc(Br)ccc2O)c(Cl)c1OC. The number of pyridine rings is 1. The molecule has 0 bridgehead atoms. The lowest BCUT2D eigenvalue weighted by atomic mass is 9.96. The van der Waals surface area contributed by atoms with Gasteiger partial charge in [0.05, 0.1) is 37.2 Å². The minimum absolute atomic E-state index is 0.0384. The fraction of sp³-hybridized carbons (Fsp3) is 0.310. The molecule has 4 rings (SSSR count). The van der Waals surface area contributed by atoms with Crippen LogP contribution in [0.1, 0.15) is 42.3 Å². The van der Waals surface area contributed by atoms with Crippen molar-refractivity contribution in [3.05, 3.63) is 86.7 Å². The molecule has 0 aliphatic carbocycles. The first-order chi connectivity index (χ1) is 18.3. The first kappa shape index (κ1) is 27.8. The number of rotatable bonds is 11. The smallest absolute Gasteiger partial charge is 0.220 e. The maximum atomic E-state index is 12.8. The number of phenolic OH excluding ortho intramolecular Hbond substituents is 1. The third kappa shape index (κ3) is 6.42. The molecule has 38 heavy (non-hydrogen) atoms. The van der Waals surface area contributed by atoms with Gasteiger partial charge in [0.2, 0.25) is 5.91 Å². The number of phenols is 1. The van der Waals surface area contributed by atoms with E-state index in [4.69, 9.17) is 26.1 Å². The van der Waals surface area contributed by atoms with Crippen molar-refractivity contribution in [2.24, 2.45) is 5.92 Å². The number of aromatic nitrogens is 2. The molecule has 0 radical (unpaired) electrons. The maximum absolute atomic E-state index is 12.8. The number of carbonyl (C=O) groups excluding carboxylic acids is 1. The van der Waals surface area contributed by atoms with E-state index < -0.39 is 0 Å². The molecular weight excluding hydrogens is 570 g/mol. The van der Waals surface area contributed by atoms with Gasteiger partial charge in [-0.2, -0.15) is 0 Å². The zero-order valence-corrected chi connectivity index (χ0v) is 24.0. The fourth-order valence-corrected chi connectivity index (χ4v) is 5.23. The van der Waals surface area contributed by atoms with Crippen LogP contribution in [0.2, 0.25) is 5.02 Å². The van der Waals surface area contributed by atoms with Crippen LogP contribution in [0.15, 0.2) is 59.2 Å². The van der Waals surface area contributed by atoms with Crippen LogP contribution in [0, 0.1) is 5.92 Å². The normalized spacial score (nSPS) is 11.9. The number of benzene rings is 2. The van der Waals surface area contributed by atoms with Crippen molar-refractivity contribution in [1.29, 1.82) is 0 Å². The molecule has 0 aliphatic rings. The van der Waals surface area contributed by atoms with Crippen LogP contribution in [0.5, 0.6) is 17.2 Å². The van der Waals surface area contributed by atoms with Crippen LogP contribution in [-0.2, 0) is 24.2 Å². The molecule has 1 atom stereocenters. The predicted octanol–water partition coefficient (Wildman–Crippen LogP) is 6.34. The van der Waals surface area contributed by atoms with E-state index in [1.54, 1.807) is 26.4 Å². The summed E-state index contributed by atoms with van der Waals surface area (Å²) in [5.41, 5.74) is 4.23. The van der Waals surface area contributed by atoms with E-state index in [0.29, 0.717) is 42.3 Å². The summed E-state index contributed by atoms with van der Waals surface area (Å²) in [4.78, 5) is 17.5. The van der Waals surface area contributed by atoms with Gasteiger partial charge >= 0.3 is 0 Å². The molecular formula is C29H31BrClN3O4. The molecule has 1 amide bonds. The summed E-state index contributed by atoms with van der Waals surface area (Å²) in [5.74, 6) is 1.54. The quantitative estimate of drug-likeness (QED) is 0.210. The van der Waals surface area contributed by atoms with Crippen LogP contribution < -0.4 is 14.8 Å². The van der Waals surface area contributed by atoms with Crippen molar-refractivity contribution in [2.45, 2.75) is 39.2 Å². The lowest BCUT2D eigenvalue weighted by Gasteiger charge is -2.16. The Morgan fingerprint density at radius 3 is 2.74 bits per heavy atom. The number of nitrogens with one attached hydrogen (secondary N) is 1. The molecule has 4 aromatic rings. The molecule has 1 unspecified atom stereocenters. The van der Waals surface area contributed by atoms with Gasteiger partial charge in [0.25, 0.3) is 0 Å². The van der Waals surface area contributed by atoms with Gasteiger partial charge < -0.3 is 24.3 Å². The zero-order valence-electron chi connectivity index (χ0n) is 21.6. The minimum Gasteiger partial charge on any atom is -0.508 e. The Labute approximate surface area is 235 Å². The van der Waals surface area contributed by atoms with Crippen molar-refractivity contribution < 1.29 is 19.4 Å². The zero-order chi connectivity index (χ0) is 27.2. The second kappa shape index (κ2) is 12.5. The first-order valence-corrected chi connectivity index (χ1v) is 13.6. The maximum Gasteiger partial charge on any atom is 0.220 e. The van der Waals surface area contributed by atoms with Crippen molar-refractivity contribution in [3.63, 3.8) is 0 Å². The molecule has 7 nitrogen and oxygen atoms in total. The number of ether oxygens (including phenoxy) is 2. The molecule has 0 fully saturated rings. The largest absolute Gasteiger partial charge is 0.508 e. The highest BCUT2D eigenvalue weighted by Gasteiger charge is 2.18. The topological polar surface area (TPSA) is 85.1 Å². The number of halogens is 2. The molecule has 0 saturated carbocycles. The summed E-state index contributed by atoms with van der Waals surface area (Å²) < 4.78 is 13.6. The number of hydrogen-bond acceptors (Lipinski definition) is 5. The first-order valence-electron chi connectivity index (χ1n) is 12.4. The number of methoxy groups -OCH3 is 2. The molecule has 0 aliphatic heterocycles. The van der Waals surface area contributed by atoms with Crippen molar-refractivity contribution >= 4 is 39.1 Å². The summed E-state index contributed by atoms with van der Waals surface area (Å²) in [5, 5.41) is 13.9. The van der Waals surface area contributed by atoms with Crippen LogP contribution in [0.25, 0.3) is 5.65 Å². The predicted molar refractivity (Wildman–Crippen MR) is 152 cm³/mol. The lowest BCUT2D eigenvalue weighted by Crippen LogP contribution is -2.24. The van der Waals surface area contributed by atoms with Gasteiger partial charge in [-0.25, -0.2) is 4.98 Å². The summed E-state index contributed by atoms with van der Waals surface area (Å²) in [6.45, 7) is 2.41. The second-order valence-electron chi connectivity index (χ2n) is 9.28. The number of fused-ring (bicyclic) bond motifs is 1. The Hall–Kier alpha value is -3.23. The molecule has 200 valence electrons. The van der Waals surface area contributed by atoms with Gasteiger partial charge in [-0.1, -0.05) is 46.6 Å². The van der Waals surface area contributed by atoms with Gasteiger partial charge in [0, 0.05) is 29.1 Å². The third-order valence-electron chi connectivity index (χ3n) is 6.56. The summed E-state index contributed by atoms with van der Waals surface area (Å²) in [7, 11) is 3.15. The van der Waals surface area contributed by atoms with Crippen molar-refractivity contribution in [3.8, 4) is 17.2 Å². The molecule has 2 N–H and O–H groups in total. The highest BCUT2D eigenvalue weighted by Crippen LogP contribution is 2.38. The van der Waals surface area contributed by atoms with Crippen molar-refractivity contribution in [2.75, 3.05) is 14.2 Å². The number of imidazole rings is 1. The fourth-order valence-electron chi connectivity index (χ4n) is 4.51. The van der Waals surface area contributed by atoms with E-state index >= 15 is 0 Å². The summed E-state index contributed by atoms with van der Waals surface area (Å²) in [6, 6.07) is 14.9. The average Bonchev–Trinajstić information content (AvgIpc) is 3.26. The van der Waals surface area contributed by atoms with E-state index in [1.165, 1.54) is 0 Å². The second-order valence-corrected chi connectivity index (χ2v) is 10.6. The molecule has 9 heteroatoms. The number of hydrogen-bond donors (Lipinski definition) is 2. The van der Waals surface area contributed by atoms with E-state index in [9.17, 15) is 9.90 Å². The van der Waals surface area contributed by atoms with E-state index in [2.05, 4.69) is 28.2 Å². The molecule has 2 aromatic heterocycles. The Morgan fingerprint density at radius 2 is 1.97 bits per heavy atom. The van der Waals surface area contributed by atoms with Crippen LogP contribution in [0.4, 0.5) is 0 Å². The highest BCUT2D eigenvalue weighted by atomic mass is 79.9. The van der Waals surface area contributed by atoms with Crippen LogP contribution in [0.3, 0.4) is 0 Å². The Morgan fingerprint density at radius 1 is 1.16 bits per heavy atom. The van der Waals surface area contributed by atoms with Gasteiger partial charge in [-0.05, 0) is 60.7 Å². The highest BCUT2D eigenvalue weighted by molar-refractivity contribution is 9.10. The number of aromatic hydroxyl groups is 1. The van der Waals surface area contributed by atoms with Gasteiger partial charge in [-0.3, -0.25) is 4.79 Å². The minimum atomic E-state index is -0.0384. The standard InChI is InChI=1S/C29H31BrClN3O4/c1-18(14-19-8-11-25(37-2)29(38-3)28(19)31)7-12-27(36)32-17-22-23(34-13-5-4-6-26(34)33-22)16-20-15-21(30)9-10-24(20)35/h4-6,8-11,13,15,18,35H,7,12,14,16-17H2,1-3H3,(H,32,36).